The Morgan fingerprint density at radius 3 is 2.92 bits per heavy atom. The number of anilines is 1. The molecule has 0 saturated heterocycles. The highest BCUT2D eigenvalue weighted by molar-refractivity contribution is 7.19. The third-order valence-corrected chi connectivity index (χ3v) is 5.94. The Bertz CT molecular complexity index is 957. The van der Waals surface area contributed by atoms with Gasteiger partial charge in [-0.3, -0.25) is 14.5 Å². The summed E-state index contributed by atoms with van der Waals surface area (Å²) in [6.45, 7) is 6.34. The lowest BCUT2D eigenvalue weighted by Gasteiger charge is -2.17. The summed E-state index contributed by atoms with van der Waals surface area (Å²) in [7, 11) is 0. The van der Waals surface area contributed by atoms with Crippen LogP contribution in [0.25, 0.3) is 21.8 Å². The van der Waals surface area contributed by atoms with E-state index in [0.717, 1.165) is 52.5 Å². The van der Waals surface area contributed by atoms with Crippen LogP contribution in [0.4, 0.5) is 5.13 Å². The lowest BCUT2D eigenvalue weighted by Crippen LogP contribution is -2.10. The van der Waals surface area contributed by atoms with Crippen LogP contribution in [-0.2, 0) is 17.6 Å². The summed E-state index contributed by atoms with van der Waals surface area (Å²) in [5.41, 5.74) is 6.51. The molecule has 134 valence electrons. The number of aryl methyl sites for hydroxylation is 2. The van der Waals surface area contributed by atoms with E-state index in [1.807, 2.05) is 19.2 Å². The summed E-state index contributed by atoms with van der Waals surface area (Å²) in [6.07, 6.45) is 5.33. The van der Waals surface area contributed by atoms with Crippen LogP contribution in [-0.4, -0.2) is 26.2 Å². The standard InChI is InChI=1S/C19H21N5OS/c1-4-12(3)24-17-14(16(23-24)13-6-5-11(2)20-9-13)7-8-15-18(17)26-19(22-15)21-10-25/h5-6,9-10,12H,4,7-8H2,1-3H3,(H,21,22,25). The number of rotatable bonds is 5. The summed E-state index contributed by atoms with van der Waals surface area (Å²) in [6, 6.07) is 4.40. The Morgan fingerprint density at radius 1 is 1.38 bits per heavy atom. The number of amides is 1. The molecule has 0 aromatic carbocycles. The number of aromatic nitrogens is 4. The van der Waals surface area contributed by atoms with Crippen LogP contribution in [0.5, 0.6) is 0 Å². The molecule has 26 heavy (non-hydrogen) atoms. The van der Waals surface area contributed by atoms with Crippen molar-refractivity contribution in [2.45, 2.75) is 46.1 Å². The summed E-state index contributed by atoms with van der Waals surface area (Å²) in [5, 5.41) is 8.32. The molecule has 7 heteroatoms. The minimum absolute atomic E-state index is 0.284. The number of fused-ring (bicyclic) bond motifs is 3. The van der Waals surface area contributed by atoms with E-state index in [-0.39, 0.29) is 6.04 Å². The molecule has 0 spiro atoms. The third kappa shape index (κ3) is 2.72. The van der Waals surface area contributed by atoms with Gasteiger partial charge in [0, 0.05) is 29.1 Å². The number of hydrogen-bond acceptors (Lipinski definition) is 5. The van der Waals surface area contributed by atoms with Crippen molar-refractivity contribution in [1.29, 1.82) is 0 Å². The summed E-state index contributed by atoms with van der Waals surface area (Å²) < 4.78 is 2.13. The number of pyridine rings is 1. The first-order valence-corrected chi connectivity index (χ1v) is 9.68. The van der Waals surface area contributed by atoms with Gasteiger partial charge in [0.2, 0.25) is 6.41 Å². The largest absolute Gasteiger partial charge is 0.305 e. The molecule has 3 heterocycles. The van der Waals surface area contributed by atoms with Crippen molar-refractivity contribution in [3.63, 3.8) is 0 Å². The van der Waals surface area contributed by atoms with Crippen LogP contribution >= 0.6 is 11.3 Å². The third-order valence-electron chi connectivity index (χ3n) is 4.91. The van der Waals surface area contributed by atoms with E-state index < -0.39 is 0 Å². The number of carbonyl (C=O) groups excluding carboxylic acids is 1. The SMILES string of the molecule is CCC(C)n1nc(-c2ccc(C)nc2)c2c1-c1sc(NC=O)nc1CC2. The van der Waals surface area contributed by atoms with Crippen molar-refractivity contribution in [2.75, 3.05) is 5.32 Å². The topological polar surface area (TPSA) is 72.7 Å². The highest BCUT2D eigenvalue weighted by Gasteiger charge is 2.30. The van der Waals surface area contributed by atoms with Gasteiger partial charge in [-0.05, 0) is 45.2 Å². The van der Waals surface area contributed by atoms with Gasteiger partial charge < -0.3 is 5.32 Å². The molecule has 1 unspecified atom stereocenters. The fourth-order valence-corrected chi connectivity index (χ4v) is 4.38. The quantitative estimate of drug-likeness (QED) is 0.692. The number of nitrogens with one attached hydrogen (secondary N) is 1. The molecule has 1 aliphatic carbocycles. The fraction of sp³-hybridized carbons (Fsp3) is 0.368. The Hall–Kier alpha value is -2.54. The predicted molar refractivity (Wildman–Crippen MR) is 103 cm³/mol. The van der Waals surface area contributed by atoms with E-state index in [4.69, 9.17) is 5.10 Å². The fourth-order valence-electron chi connectivity index (χ4n) is 3.34. The van der Waals surface area contributed by atoms with Crippen LogP contribution in [0.2, 0.25) is 0 Å². The molecule has 1 amide bonds. The molecule has 0 fully saturated rings. The normalized spacial score (nSPS) is 13.8. The second kappa shape index (κ2) is 6.64. The molecule has 1 atom stereocenters. The summed E-state index contributed by atoms with van der Waals surface area (Å²) in [5.74, 6) is 0. The molecule has 0 radical (unpaired) electrons. The van der Waals surface area contributed by atoms with Gasteiger partial charge in [0.05, 0.1) is 22.0 Å². The maximum absolute atomic E-state index is 10.8. The van der Waals surface area contributed by atoms with Crippen molar-refractivity contribution in [2.24, 2.45) is 0 Å². The van der Waals surface area contributed by atoms with E-state index in [9.17, 15) is 4.79 Å². The van der Waals surface area contributed by atoms with E-state index in [1.165, 1.54) is 16.9 Å². The second-order valence-electron chi connectivity index (χ2n) is 6.62. The maximum Gasteiger partial charge on any atom is 0.213 e. The van der Waals surface area contributed by atoms with Crippen molar-refractivity contribution >= 4 is 22.9 Å². The van der Waals surface area contributed by atoms with E-state index >= 15 is 0 Å². The van der Waals surface area contributed by atoms with Crippen molar-refractivity contribution in [1.82, 2.24) is 19.7 Å². The van der Waals surface area contributed by atoms with Gasteiger partial charge in [0.1, 0.15) is 0 Å². The first kappa shape index (κ1) is 16.9. The lowest BCUT2D eigenvalue weighted by atomic mass is 9.95. The van der Waals surface area contributed by atoms with Crippen molar-refractivity contribution < 1.29 is 4.79 Å². The lowest BCUT2D eigenvalue weighted by molar-refractivity contribution is -0.105. The molecule has 0 bridgehead atoms. The molecule has 6 nitrogen and oxygen atoms in total. The molecule has 1 aliphatic rings. The van der Waals surface area contributed by atoms with Gasteiger partial charge in [-0.1, -0.05) is 18.3 Å². The minimum Gasteiger partial charge on any atom is -0.305 e. The average molecular weight is 367 g/mol. The highest BCUT2D eigenvalue weighted by Crippen LogP contribution is 2.44. The first-order valence-electron chi connectivity index (χ1n) is 8.87. The second-order valence-corrected chi connectivity index (χ2v) is 7.62. The van der Waals surface area contributed by atoms with Crippen LogP contribution in [0.15, 0.2) is 18.3 Å². The number of nitrogens with zero attached hydrogens (tertiary/aromatic N) is 4. The molecular formula is C19H21N5OS. The van der Waals surface area contributed by atoms with Gasteiger partial charge in [0.25, 0.3) is 0 Å². The Morgan fingerprint density at radius 2 is 2.23 bits per heavy atom. The van der Waals surface area contributed by atoms with Crippen LogP contribution in [0.3, 0.4) is 0 Å². The van der Waals surface area contributed by atoms with Gasteiger partial charge in [-0.25, -0.2) is 4.98 Å². The molecule has 3 aromatic rings. The Labute approximate surface area is 156 Å². The van der Waals surface area contributed by atoms with Crippen LogP contribution < -0.4 is 5.32 Å². The van der Waals surface area contributed by atoms with Crippen molar-refractivity contribution in [3.8, 4) is 21.8 Å². The number of hydrogen-bond donors (Lipinski definition) is 1. The Kier molecular flexibility index (Phi) is 4.32. The minimum atomic E-state index is 0.284. The highest BCUT2D eigenvalue weighted by atomic mass is 32.1. The van der Waals surface area contributed by atoms with E-state index in [0.29, 0.717) is 11.5 Å². The van der Waals surface area contributed by atoms with Gasteiger partial charge >= 0.3 is 0 Å². The van der Waals surface area contributed by atoms with Gasteiger partial charge in [0.15, 0.2) is 5.13 Å². The number of carbonyl (C=O) groups is 1. The molecule has 1 N–H and O–H groups in total. The zero-order valence-electron chi connectivity index (χ0n) is 15.1. The predicted octanol–water partition coefficient (Wildman–Crippen LogP) is 4.01. The molecule has 0 aliphatic heterocycles. The molecule has 4 rings (SSSR count). The van der Waals surface area contributed by atoms with Gasteiger partial charge in [-0.15, -0.1) is 0 Å². The molecule has 3 aromatic heterocycles. The smallest absolute Gasteiger partial charge is 0.213 e. The monoisotopic (exact) mass is 367 g/mol. The van der Waals surface area contributed by atoms with Crippen molar-refractivity contribution in [3.05, 3.63) is 35.3 Å². The van der Waals surface area contributed by atoms with Gasteiger partial charge in [-0.2, -0.15) is 5.10 Å². The number of thiazole rings is 1. The average Bonchev–Trinajstić information content (AvgIpc) is 3.23. The zero-order chi connectivity index (χ0) is 18.3. The Balaban J connectivity index is 1.91. The first-order chi connectivity index (χ1) is 12.6. The van der Waals surface area contributed by atoms with Crippen LogP contribution in [0.1, 0.15) is 43.3 Å². The van der Waals surface area contributed by atoms with E-state index in [2.05, 4.69) is 39.9 Å². The maximum atomic E-state index is 10.8. The van der Waals surface area contributed by atoms with E-state index in [1.54, 1.807) is 0 Å². The molecule has 0 saturated carbocycles. The zero-order valence-corrected chi connectivity index (χ0v) is 15.9. The van der Waals surface area contributed by atoms with Crippen LogP contribution in [0, 0.1) is 6.92 Å². The summed E-state index contributed by atoms with van der Waals surface area (Å²) in [4.78, 5) is 20.9. The molecular weight excluding hydrogens is 346 g/mol. The summed E-state index contributed by atoms with van der Waals surface area (Å²) >= 11 is 1.53.